The molecule has 0 bridgehead atoms. The lowest BCUT2D eigenvalue weighted by atomic mass is 10.1. The summed E-state index contributed by atoms with van der Waals surface area (Å²) in [4.78, 5) is 21.6. The van der Waals surface area contributed by atoms with Gasteiger partial charge < -0.3 is 5.32 Å². The number of aromatic nitrogens is 5. The molecule has 4 rings (SSSR count). The highest BCUT2D eigenvalue weighted by Crippen LogP contribution is 2.26. The molecule has 0 spiro atoms. The highest BCUT2D eigenvalue weighted by molar-refractivity contribution is 7.17. The van der Waals surface area contributed by atoms with E-state index in [0.717, 1.165) is 11.1 Å². The van der Waals surface area contributed by atoms with E-state index in [1.54, 1.807) is 42.3 Å². The van der Waals surface area contributed by atoms with E-state index >= 15 is 0 Å². The molecule has 0 fully saturated rings. The van der Waals surface area contributed by atoms with E-state index in [-0.39, 0.29) is 11.7 Å². The molecule has 30 heavy (non-hydrogen) atoms. The predicted molar refractivity (Wildman–Crippen MR) is 111 cm³/mol. The maximum Gasteiger partial charge on any atom is 0.263 e. The Balaban J connectivity index is 1.40. The highest BCUT2D eigenvalue weighted by Gasteiger charge is 2.18. The van der Waals surface area contributed by atoms with E-state index in [4.69, 9.17) is 0 Å². The standard InChI is InChI=1S/C21H19FN6OS/c1-14-19(20(29)24-12-16-3-2-9-23-11-16)30-21(25-14)18-13-28(27-26-18)10-8-15-4-6-17(22)7-5-15/h2-7,9,11,13H,8,10,12H2,1H3,(H,24,29). The summed E-state index contributed by atoms with van der Waals surface area (Å²) in [5, 5.41) is 11.9. The molecule has 1 amide bonds. The number of carbonyl (C=O) groups excluding carboxylic acids is 1. The Morgan fingerprint density at radius 1 is 1.20 bits per heavy atom. The number of rotatable bonds is 7. The van der Waals surface area contributed by atoms with E-state index in [1.165, 1.54) is 23.5 Å². The second kappa shape index (κ2) is 8.91. The van der Waals surface area contributed by atoms with Gasteiger partial charge in [-0.25, -0.2) is 9.37 Å². The molecule has 0 aliphatic rings. The molecule has 7 nitrogen and oxygen atoms in total. The molecule has 0 saturated carbocycles. The van der Waals surface area contributed by atoms with Crippen molar-refractivity contribution in [3.8, 4) is 10.7 Å². The van der Waals surface area contributed by atoms with Gasteiger partial charge in [-0.3, -0.25) is 14.5 Å². The van der Waals surface area contributed by atoms with Crippen molar-refractivity contribution < 1.29 is 9.18 Å². The van der Waals surface area contributed by atoms with Crippen LogP contribution in [0.1, 0.15) is 26.5 Å². The number of hydrogen-bond acceptors (Lipinski definition) is 6. The van der Waals surface area contributed by atoms with Gasteiger partial charge in [0.25, 0.3) is 5.91 Å². The maximum absolute atomic E-state index is 13.0. The second-order valence-corrected chi connectivity index (χ2v) is 7.72. The van der Waals surface area contributed by atoms with Crippen LogP contribution in [-0.4, -0.2) is 30.9 Å². The normalized spacial score (nSPS) is 10.9. The van der Waals surface area contributed by atoms with Gasteiger partial charge in [-0.2, -0.15) is 0 Å². The van der Waals surface area contributed by atoms with Crippen LogP contribution in [0, 0.1) is 12.7 Å². The first kappa shape index (κ1) is 19.8. The van der Waals surface area contributed by atoms with Gasteiger partial charge in [-0.15, -0.1) is 16.4 Å². The van der Waals surface area contributed by atoms with Crippen molar-refractivity contribution in [1.82, 2.24) is 30.3 Å². The average Bonchev–Trinajstić information content (AvgIpc) is 3.39. The largest absolute Gasteiger partial charge is 0.347 e. The van der Waals surface area contributed by atoms with Crippen LogP contribution >= 0.6 is 11.3 Å². The number of hydrogen-bond donors (Lipinski definition) is 1. The molecule has 0 atom stereocenters. The fourth-order valence-electron chi connectivity index (χ4n) is 2.88. The average molecular weight is 422 g/mol. The zero-order chi connectivity index (χ0) is 20.9. The topological polar surface area (TPSA) is 85.6 Å². The van der Waals surface area contributed by atoms with Crippen LogP contribution < -0.4 is 5.32 Å². The number of carbonyl (C=O) groups is 1. The van der Waals surface area contributed by atoms with Gasteiger partial charge in [0.05, 0.1) is 11.9 Å². The Hall–Kier alpha value is -3.46. The van der Waals surface area contributed by atoms with Crippen molar-refractivity contribution in [2.75, 3.05) is 0 Å². The number of pyridine rings is 1. The van der Waals surface area contributed by atoms with Crippen LogP contribution in [0.4, 0.5) is 4.39 Å². The van der Waals surface area contributed by atoms with Gasteiger partial charge >= 0.3 is 0 Å². The first-order valence-corrected chi connectivity index (χ1v) is 10.2. The van der Waals surface area contributed by atoms with Crippen LogP contribution in [0.3, 0.4) is 0 Å². The molecule has 3 heterocycles. The quantitative estimate of drug-likeness (QED) is 0.493. The number of halogens is 1. The first-order chi connectivity index (χ1) is 14.6. The van der Waals surface area contributed by atoms with E-state index in [1.807, 2.05) is 12.1 Å². The van der Waals surface area contributed by atoms with Gasteiger partial charge in [0.15, 0.2) is 0 Å². The molecule has 0 aliphatic carbocycles. The third-order valence-corrected chi connectivity index (χ3v) is 5.66. The summed E-state index contributed by atoms with van der Waals surface area (Å²) >= 11 is 1.29. The van der Waals surface area contributed by atoms with Crippen LogP contribution in [0.25, 0.3) is 10.7 Å². The van der Waals surface area contributed by atoms with Gasteiger partial charge in [-0.1, -0.05) is 23.4 Å². The molecule has 3 aromatic heterocycles. The van der Waals surface area contributed by atoms with E-state index < -0.39 is 0 Å². The van der Waals surface area contributed by atoms with E-state index in [2.05, 4.69) is 25.6 Å². The van der Waals surface area contributed by atoms with Crippen LogP contribution in [0.15, 0.2) is 55.0 Å². The summed E-state index contributed by atoms with van der Waals surface area (Å²) < 4.78 is 14.7. The van der Waals surface area contributed by atoms with Gasteiger partial charge in [0, 0.05) is 25.5 Å². The molecule has 0 radical (unpaired) electrons. The molecule has 0 unspecified atom stereocenters. The highest BCUT2D eigenvalue weighted by atomic mass is 32.1. The molecule has 1 aromatic carbocycles. The lowest BCUT2D eigenvalue weighted by Crippen LogP contribution is -2.22. The van der Waals surface area contributed by atoms with Gasteiger partial charge in [-0.05, 0) is 42.7 Å². The predicted octanol–water partition coefficient (Wildman–Crippen LogP) is 3.42. The van der Waals surface area contributed by atoms with Crippen molar-refractivity contribution >= 4 is 17.2 Å². The minimum Gasteiger partial charge on any atom is -0.347 e. The Morgan fingerprint density at radius 2 is 2.03 bits per heavy atom. The SMILES string of the molecule is Cc1nc(-c2cn(CCc3ccc(F)cc3)nn2)sc1C(=O)NCc1cccnc1. The van der Waals surface area contributed by atoms with Gasteiger partial charge in [0.2, 0.25) is 0 Å². The Labute approximate surface area is 176 Å². The van der Waals surface area contributed by atoms with E-state index in [9.17, 15) is 9.18 Å². The zero-order valence-corrected chi connectivity index (χ0v) is 17.1. The summed E-state index contributed by atoms with van der Waals surface area (Å²) in [7, 11) is 0. The Morgan fingerprint density at radius 3 is 2.80 bits per heavy atom. The monoisotopic (exact) mass is 422 g/mol. The molecule has 0 saturated heterocycles. The smallest absolute Gasteiger partial charge is 0.263 e. The van der Waals surface area contributed by atoms with Crippen LogP contribution in [-0.2, 0) is 19.5 Å². The van der Waals surface area contributed by atoms with Crippen molar-refractivity contribution in [2.24, 2.45) is 0 Å². The third kappa shape index (κ3) is 4.74. The Kier molecular flexibility index (Phi) is 5.89. The number of aryl methyl sites for hydroxylation is 3. The summed E-state index contributed by atoms with van der Waals surface area (Å²) in [6.45, 7) is 2.82. The first-order valence-electron chi connectivity index (χ1n) is 9.38. The molecule has 152 valence electrons. The summed E-state index contributed by atoms with van der Waals surface area (Å²) in [6.07, 6.45) is 5.92. The number of amides is 1. The minimum absolute atomic E-state index is 0.177. The van der Waals surface area contributed by atoms with Crippen molar-refractivity contribution in [2.45, 2.75) is 26.4 Å². The fraction of sp³-hybridized carbons (Fsp3) is 0.190. The number of nitrogens with zero attached hydrogens (tertiary/aromatic N) is 5. The Bertz CT molecular complexity index is 1140. The molecule has 9 heteroatoms. The minimum atomic E-state index is -0.249. The lowest BCUT2D eigenvalue weighted by molar-refractivity contribution is 0.0954. The van der Waals surface area contributed by atoms with Crippen molar-refractivity contribution in [3.63, 3.8) is 0 Å². The number of benzene rings is 1. The lowest BCUT2D eigenvalue weighted by Gasteiger charge is -2.03. The fourth-order valence-corrected chi connectivity index (χ4v) is 3.81. The van der Waals surface area contributed by atoms with Crippen molar-refractivity contribution in [3.05, 3.63) is 82.5 Å². The number of thiazole rings is 1. The number of nitrogens with one attached hydrogen (secondary N) is 1. The molecule has 1 N–H and O–H groups in total. The second-order valence-electron chi connectivity index (χ2n) is 6.72. The molecule has 0 aliphatic heterocycles. The molecular formula is C21H19FN6OS. The van der Waals surface area contributed by atoms with Gasteiger partial charge in [0.1, 0.15) is 21.4 Å². The molecule has 4 aromatic rings. The third-order valence-electron chi connectivity index (χ3n) is 4.48. The maximum atomic E-state index is 13.0. The van der Waals surface area contributed by atoms with Crippen molar-refractivity contribution in [1.29, 1.82) is 0 Å². The van der Waals surface area contributed by atoms with Crippen LogP contribution in [0.5, 0.6) is 0 Å². The summed E-state index contributed by atoms with van der Waals surface area (Å²) in [6, 6.07) is 10.1. The summed E-state index contributed by atoms with van der Waals surface area (Å²) in [5.74, 6) is -0.426. The summed E-state index contributed by atoms with van der Waals surface area (Å²) in [5.41, 5.74) is 3.22. The van der Waals surface area contributed by atoms with E-state index in [0.29, 0.717) is 40.8 Å². The zero-order valence-electron chi connectivity index (χ0n) is 16.2. The van der Waals surface area contributed by atoms with Crippen LogP contribution in [0.2, 0.25) is 0 Å². The molecular weight excluding hydrogens is 403 g/mol.